The van der Waals surface area contributed by atoms with Crippen molar-refractivity contribution in [3.8, 4) is 11.5 Å². The van der Waals surface area contributed by atoms with E-state index in [0.717, 1.165) is 5.56 Å². The van der Waals surface area contributed by atoms with E-state index < -0.39 is 17.7 Å². The molecular weight excluding hydrogens is 418 g/mol. The molecular formula is C27H25NO5. The van der Waals surface area contributed by atoms with Crippen molar-refractivity contribution in [3.63, 3.8) is 0 Å². The molecule has 6 nitrogen and oxygen atoms in total. The Balaban J connectivity index is 2.01. The molecule has 33 heavy (non-hydrogen) atoms. The SMILES string of the molecule is COc1ccc(/C(O)=C2\C(=O)C(=O)N(c3ccccc3C)C2c2ccccc2OC)c(C)c1. The number of hydrogen-bond donors (Lipinski definition) is 1. The molecule has 1 saturated heterocycles. The molecule has 3 aromatic rings. The van der Waals surface area contributed by atoms with E-state index in [2.05, 4.69) is 0 Å². The fourth-order valence-corrected chi connectivity index (χ4v) is 4.28. The minimum absolute atomic E-state index is 0.0148. The number of aliphatic hydroxyl groups is 1. The fraction of sp³-hybridized carbons (Fsp3) is 0.185. The van der Waals surface area contributed by atoms with Gasteiger partial charge in [-0.1, -0.05) is 36.4 Å². The van der Waals surface area contributed by atoms with Gasteiger partial charge in [-0.3, -0.25) is 14.5 Å². The topological polar surface area (TPSA) is 76.1 Å². The molecule has 1 aliphatic rings. The van der Waals surface area contributed by atoms with Crippen LogP contribution in [-0.4, -0.2) is 31.0 Å². The minimum Gasteiger partial charge on any atom is -0.507 e. The van der Waals surface area contributed by atoms with Crippen molar-refractivity contribution in [2.75, 3.05) is 19.1 Å². The van der Waals surface area contributed by atoms with Crippen molar-refractivity contribution in [1.82, 2.24) is 0 Å². The molecule has 4 rings (SSSR count). The number of ketones is 1. The number of Topliss-reactive ketones (excluding diaryl/α,β-unsaturated/α-hetero) is 1. The van der Waals surface area contributed by atoms with Crippen molar-refractivity contribution in [3.05, 3.63) is 94.6 Å². The highest BCUT2D eigenvalue weighted by Gasteiger charge is 2.48. The molecule has 168 valence electrons. The standard InChI is InChI=1S/C27H25NO5/c1-16-9-5-7-11-21(16)28-24(20-10-6-8-12-22(20)33-4)23(26(30)27(28)31)25(29)19-14-13-18(32-3)15-17(19)2/h5-15,24,29H,1-4H3/b25-23+. The van der Waals surface area contributed by atoms with E-state index >= 15 is 0 Å². The van der Waals surface area contributed by atoms with Gasteiger partial charge in [-0.15, -0.1) is 0 Å². The van der Waals surface area contributed by atoms with E-state index in [9.17, 15) is 14.7 Å². The van der Waals surface area contributed by atoms with Crippen LogP contribution in [0.4, 0.5) is 5.69 Å². The summed E-state index contributed by atoms with van der Waals surface area (Å²) in [7, 11) is 3.09. The number of aliphatic hydroxyl groups excluding tert-OH is 1. The molecule has 1 fully saturated rings. The van der Waals surface area contributed by atoms with Gasteiger partial charge in [0.25, 0.3) is 11.7 Å². The second-order valence-corrected chi connectivity index (χ2v) is 7.88. The maximum absolute atomic E-state index is 13.4. The van der Waals surface area contributed by atoms with Crippen LogP contribution in [0, 0.1) is 13.8 Å². The highest BCUT2D eigenvalue weighted by Crippen LogP contribution is 2.45. The lowest BCUT2D eigenvalue weighted by Crippen LogP contribution is -2.30. The zero-order chi connectivity index (χ0) is 23.7. The lowest BCUT2D eigenvalue weighted by molar-refractivity contribution is -0.132. The van der Waals surface area contributed by atoms with Gasteiger partial charge in [-0.25, -0.2) is 0 Å². The van der Waals surface area contributed by atoms with Gasteiger partial charge in [0.1, 0.15) is 17.3 Å². The van der Waals surface area contributed by atoms with Crippen molar-refractivity contribution < 1.29 is 24.2 Å². The number of carbonyl (C=O) groups excluding carboxylic acids is 2. The van der Waals surface area contributed by atoms with Crippen molar-refractivity contribution >= 4 is 23.1 Å². The first-order valence-electron chi connectivity index (χ1n) is 10.5. The maximum Gasteiger partial charge on any atom is 0.300 e. The van der Waals surface area contributed by atoms with Crippen LogP contribution in [0.15, 0.2) is 72.3 Å². The summed E-state index contributed by atoms with van der Waals surface area (Å²) >= 11 is 0. The zero-order valence-electron chi connectivity index (χ0n) is 19.0. The normalized spacial score (nSPS) is 17.3. The molecule has 6 heteroatoms. The van der Waals surface area contributed by atoms with Gasteiger partial charge in [0.05, 0.1) is 25.8 Å². The minimum atomic E-state index is -0.858. The molecule has 1 N–H and O–H groups in total. The third kappa shape index (κ3) is 3.74. The van der Waals surface area contributed by atoms with Crippen molar-refractivity contribution in [2.24, 2.45) is 0 Å². The summed E-state index contributed by atoms with van der Waals surface area (Å²) in [5.74, 6) is -0.540. The molecule has 0 bridgehead atoms. The van der Waals surface area contributed by atoms with E-state index in [0.29, 0.717) is 33.9 Å². The Morgan fingerprint density at radius 3 is 2.24 bits per heavy atom. The quantitative estimate of drug-likeness (QED) is 0.343. The van der Waals surface area contributed by atoms with Gasteiger partial charge < -0.3 is 14.6 Å². The number of methoxy groups -OCH3 is 2. The van der Waals surface area contributed by atoms with Crippen LogP contribution in [0.2, 0.25) is 0 Å². The van der Waals surface area contributed by atoms with Crippen LogP contribution in [0.25, 0.3) is 5.76 Å². The van der Waals surface area contributed by atoms with Crippen LogP contribution < -0.4 is 14.4 Å². The Morgan fingerprint density at radius 1 is 0.879 bits per heavy atom. The Bertz CT molecular complexity index is 1280. The first-order chi connectivity index (χ1) is 15.9. The first-order valence-corrected chi connectivity index (χ1v) is 10.5. The summed E-state index contributed by atoms with van der Waals surface area (Å²) < 4.78 is 10.8. The largest absolute Gasteiger partial charge is 0.507 e. The van der Waals surface area contributed by atoms with Gasteiger partial charge in [0, 0.05) is 16.8 Å². The Kier molecular flexibility index (Phi) is 5.92. The van der Waals surface area contributed by atoms with E-state index in [1.165, 1.54) is 12.0 Å². The highest BCUT2D eigenvalue weighted by molar-refractivity contribution is 6.51. The van der Waals surface area contributed by atoms with Crippen LogP contribution >= 0.6 is 0 Å². The Morgan fingerprint density at radius 2 is 1.58 bits per heavy atom. The molecule has 0 radical (unpaired) electrons. The van der Waals surface area contributed by atoms with E-state index in [4.69, 9.17) is 9.47 Å². The monoisotopic (exact) mass is 443 g/mol. The number of aryl methyl sites for hydroxylation is 2. The Labute approximate surface area is 192 Å². The lowest BCUT2D eigenvalue weighted by Gasteiger charge is -2.28. The van der Waals surface area contributed by atoms with Crippen LogP contribution in [-0.2, 0) is 9.59 Å². The summed E-state index contributed by atoms with van der Waals surface area (Å²) in [6, 6.07) is 18.9. The molecule has 1 heterocycles. The van der Waals surface area contributed by atoms with Gasteiger partial charge in [-0.05, 0) is 55.3 Å². The number of nitrogens with zero attached hydrogens (tertiary/aromatic N) is 1. The van der Waals surface area contributed by atoms with Crippen LogP contribution in [0.1, 0.15) is 28.3 Å². The molecule has 0 saturated carbocycles. The molecule has 1 amide bonds. The summed E-state index contributed by atoms with van der Waals surface area (Å²) in [4.78, 5) is 28.1. The van der Waals surface area contributed by atoms with Crippen molar-refractivity contribution in [2.45, 2.75) is 19.9 Å². The summed E-state index contributed by atoms with van der Waals surface area (Å²) in [5.41, 5.74) is 3.23. The summed E-state index contributed by atoms with van der Waals surface area (Å²) in [5, 5.41) is 11.4. The average Bonchev–Trinajstić information content (AvgIpc) is 3.09. The zero-order valence-corrected chi connectivity index (χ0v) is 19.0. The average molecular weight is 443 g/mol. The van der Waals surface area contributed by atoms with E-state index in [-0.39, 0.29) is 11.3 Å². The number of benzene rings is 3. The first kappa shape index (κ1) is 22.1. The number of anilines is 1. The molecule has 3 aromatic carbocycles. The third-order valence-electron chi connectivity index (χ3n) is 5.94. The highest BCUT2D eigenvalue weighted by atomic mass is 16.5. The molecule has 1 unspecified atom stereocenters. The van der Waals surface area contributed by atoms with Gasteiger partial charge in [0.2, 0.25) is 0 Å². The third-order valence-corrected chi connectivity index (χ3v) is 5.94. The summed E-state index contributed by atoms with van der Waals surface area (Å²) in [6.07, 6.45) is 0. The smallest absolute Gasteiger partial charge is 0.300 e. The molecule has 1 aliphatic heterocycles. The molecule has 0 aliphatic carbocycles. The fourth-order valence-electron chi connectivity index (χ4n) is 4.28. The second kappa shape index (κ2) is 8.82. The number of carbonyl (C=O) groups is 2. The Hall–Kier alpha value is -4.06. The van der Waals surface area contributed by atoms with Crippen molar-refractivity contribution in [1.29, 1.82) is 0 Å². The molecule has 0 spiro atoms. The number of rotatable bonds is 5. The van der Waals surface area contributed by atoms with Gasteiger partial charge in [0.15, 0.2) is 0 Å². The predicted molar refractivity (Wildman–Crippen MR) is 127 cm³/mol. The van der Waals surface area contributed by atoms with E-state index in [1.807, 2.05) is 44.2 Å². The number of hydrogen-bond acceptors (Lipinski definition) is 5. The number of amides is 1. The molecule has 0 aromatic heterocycles. The summed E-state index contributed by atoms with van der Waals surface area (Å²) in [6.45, 7) is 3.69. The lowest BCUT2D eigenvalue weighted by atomic mass is 9.93. The predicted octanol–water partition coefficient (Wildman–Crippen LogP) is 4.95. The second-order valence-electron chi connectivity index (χ2n) is 7.88. The number of para-hydroxylation sites is 2. The van der Waals surface area contributed by atoms with Gasteiger partial charge in [-0.2, -0.15) is 0 Å². The van der Waals surface area contributed by atoms with E-state index in [1.54, 1.807) is 43.5 Å². The molecule has 1 atom stereocenters. The number of ether oxygens (including phenoxy) is 2. The van der Waals surface area contributed by atoms with Crippen LogP contribution in [0.3, 0.4) is 0 Å². The van der Waals surface area contributed by atoms with Gasteiger partial charge >= 0.3 is 0 Å². The maximum atomic E-state index is 13.4. The van der Waals surface area contributed by atoms with Crippen LogP contribution in [0.5, 0.6) is 11.5 Å².